The van der Waals surface area contributed by atoms with Crippen molar-refractivity contribution in [3.05, 3.63) is 36.7 Å². The van der Waals surface area contributed by atoms with Crippen LogP contribution in [0.2, 0.25) is 0 Å². The van der Waals surface area contributed by atoms with Gasteiger partial charge in [-0.05, 0) is 12.1 Å². The molecule has 2 aromatic rings. The highest BCUT2D eigenvalue weighted by Gasteiger charge is 2.20. The molecule has 0 unspecified atom stereocenters. The number of morpholine rings is 1. The van der Waals surface area contributed by atoms with Crippen LogP contribution >= 0.6 is 0 Å². The molecule has 2 aliphatic rings. The number of amides is 1. The van der Waals surface area contributed by atoms with E-state index in [1.54, 1.807) is 13.3 Å². The molecule has 2 aliphatic heterocycles. The number of nitrogens with zero attached hydrogens (tertiary/aromatic N) is 5. The van der Waals surface area contributed by atoms with E-state index in [2.05, 4.69) is 43.3 Å². The lowest BCUT2D eigenvalue weighted by Crippen LogP contribution is -2.48. The molecule has 3 heterocycles. The first-order valence-corrected chi connectivity index (χ1v) is 9.72. The molecule has 8 heteroatoms. The summed E-state index contributed by atoms with van der Waals surface area (Å²) in [5, 5.41) is 3.45. The topological polar surface area (TPSA) is 73.8 Å². The molecule has 0 spiro atoms. The average Bonchev–Trinajstić information content (AvgIpc) is 2.75. The van der Waals surface area contributed by atoms with Crippen LogP contribution in [0.5, 0.6) is 0 Å². The molecule has 2 saturated heterocycles. The number of hydrogen-bond acceptors (Lipinski definition) is 7. The number of para-hydroxylation sites is 2. The highest BCUT2D eigenvalue weighted by atomic mass is 16.5. The molecule has 1 N–H and O–H groups in total. The fourth-order valence-corrected chi connectivity index (χ4v) is 3.64. The van der Waals surface area contributed by atoms with Crippen molar-refractivity contribution in [3.63, 3.8) is 0 Å². The molecule has 1 amide bonds. The lowest BCUT2D eigenvalue weighted by atomic mass is 10.2. The standard InChI is InChI=1S/C20H26N6O2/c1-16(27)24-6-8-26(9-7-24)20-14-19(21-15-22-20)23-17-4-2-3-5-18(17)25-10-12-28-13-11-25/h2-5,14-15H,6-13H2,1H3,(H,21,22,23). The van der Waals surface area contributed by atoms with Crippen LogP contribution in [0.15, 0.2) is 36.7 Å². The summed E-state index contributed by atoms with van der Waals surface area (Å²) in [7, 11) is 0. The monoisotopic (exact) mass is 382 g/mol. The van der Waals surface area contributed by atoms with Crippen LogP contribution in [0, 0.1) is 0 Å². The van der Waals surface area contributed by atoms with Crippen LogP contribution in [0.25, 0.3) is 0 Å². The van der Waals surface area contributed by atoms with Crippen molar-refractivity contribution in [3.8, 4) is 0 Å². The Morgan fingerprint density at radius 3 is 2.50 bits per heavy atom. The number of aromatic nitrogens is 2. The second-order valence-electron chi connectivity index (χ2n) is 7.00. The summed E-state index contributed by atoms with van der Waals surface area (Å²) in [5.41, 5.74) is 2.18. The SMILES string of the molecule is CC(=O)N1CCN(c2cc(Nc3ccccc3N3CCOCC3)ncn2)CC1. The van der Waals surface area contributed by atoms with Gasteiger partial charge < -0.3 is 24.8 Å². The van der Waals surface area contributed by atoms with Gasteiger partial charge in [-0.1, -0.05) is 12.1 Å². The second-order valence-corrected chi connectivity index (χ2v) is 7.00. The molecule has 0 aliphatic carbocycles. The number of anilines is 4. The van der Waals surface area contributed by atoms with Gasteiger partial charge in [-0.25, -0.2) is 9.97 Å². The molecule has 0 atom stereocenters. The number of carbonyl (C=O) groups is 1. The van der Waals surface area contributed by atoms with Crippen LogP contribution in [0.1, 0.15) is 6.92 Å². The Morgan fingerprint density at radius 2 is 1.75 bits per heavy atom. The Morgan fingerprint density at radius 1 is 1.00 bits per heavy atom. The van der Waals surface area contributed by atoms with E-state index in [1.807, 2.05) is 17.0 Å². The van der Waals surface area contributed by atoms with Crippen LogP contribution in [-0.4, -0.2) is 73.3 Å². The first kappa shape index (κ1) is 18.5. The molecule has 28 heavy (non-hydrogen) atoms. The first-order valence-electron chi connectivity index (χ1n) is 9.72. The molecular weight excluding hydrogens is 356 g/mol. The summed E-state index contributed by atoms with van der Waals surface area (Å²) in [6.07, 6.45) is 1.59. The van der Waals surface area contributed by atoms with Gasteiger partial charge in [0.25, 0.3) is 0 Å². The summed E-state index contributed by atoms with van der Waals surface area (Å²) in [5.74, 6) is 1.77. The normalized spacial score (nSPS) is 17.5. The first-order chi connectivity index (χ1) is 13.7. The molecule has 1 aromatic heterocycles. The van der Waals surface area contributed by atoms with Crippen LogP contribution < -0.4 is 15.1 Å². The van der Waals surface area contributed by atoms with Gasteiger partial charge in [0.05, 0.1) is 24.6 Å². The fraction of sp³-hybridized carbons (Fsp3) is 0.450. The zero-order valence-electron chi connectivity index (χ0n) is 16.2. The van der Waals surface area contributed by atoms with Crippen molar-refractivity contribution in [2.75, 3.05) is 67.6 Å². The van der Waals surface area contributed by atoms with Gasteiger partial charge >= 0.3 is 0 Å². The molecule has 1 aromatic carbocycles. The number of rotatable bonds is 4. The average molecular weight is 382 g/mol. The van der Waals surface area contributed by atoms with Crippen LogP contribution in [0.4, 0.5) is 23.0 Å². The summed E-state index contributed by atoms with van der Waals surface area (Å²) in [6, 6.07) is 10.2. The minimum absolute atomic E-state index is 0.129. The molecule has 0 radical (unpaired) electrons. The van der Waals surface area contributed by atoms with Gasteiger partial charge in [0.15, 0.2) is 0 Å². The highest BCUT2D eigenvalue weighted by Crippen LogP contribution is 2.29. The van der Waals surface area contributed by atoms with Crippen molar-refractivity contribution in [2.24, 2.45) is 0 Å². The summed E-state index contributed by atoms with van der Waals surface area (Å²) in [6.45, 7) is 7.89. The van der Waals surface area contributed by atoms with E-state index < -0.39 is 0 Å². The minimum Gasteiger partial charge on any atom is -0.378 e. The second kappa shape index (κ2) is 8.43. The lowest BCUT2D eigenvalue weighted by molar-refractivity contribution is -0.129. The molecular formula is C20H26N6O2. The maximum atomic E-state index is 11.5. The summed E-state index contributed by atoms with van der Waals surface area (Å²) >= 11 is 0. The van der Waals surface area contributed by atoms with Gasteiger partial charge in [0, 0.05) is 52.3 Å². The van der Waals surface area contributed by atoms with Crippen LogP contribution in [0.3, 0.4) is 0 Å². The van der Waals surface area contributed by atoms with Crippen molar-refractivity contribution in [2.45, 2.75) is 6.92 Å². The summed E-state index contributed by atoms with van der Waals surface area (Å²) < 4.78 is 5.47. The number of carbonyl (C=O) groups excluding carboxylic acids is 1. The zero-order chi connectivity index (χ0) is 19.3. The van der Waals surface area contributed by atoms with Gasteiger partial charge in [0.2, 0.25) is 5.91 Å². The quantitative estimate of drug-likeness (QED) is 0.863. The third kappa shape index (κ3) is 4.17. The Balaban J connectivity index is 1.48. The van der Waals surface area contributed by atoms with E-state index in [0.29, 0.717) is 0 Å². The predicted octanol–water partition coefficient (Wildman–Crippen LogP) is 1.73. The zero-order valence-corrected chi connectivity index (χ0v) is 16.2. The van der Waals surface area contributed by atoms with E-state index in [9.17, 15) is 4.79 Å². The van der Waals surface area contributed by atoms with E-state index in [-0.39, 0.29) is 5.91 Å². The maximum absolute atomic E-state index is 11.5. The van der Waals surface area contributed by atoms with Crippen molar-refractivity contribution < 1.29 is 9.53 Å². The van der Waals surface area contributed by atoms with Crippen LogP contribution in [-0.2, 0) is 9.53 Å². The Bertz CT molecular complexity index is 816. The van der Waals surface area contributed by atoms with Crippen molar-refractivity contribution in [1.82, 2.24) is 14.9 Å². The molecule has 2 fully saturated rings. The van der Waals surface area contributed by atoms with E-state index in [4.69, 9.17) is 4.74 Å². The number of piperazine rings is 1. The van der Waals surface area contributed by atoms with Gasteiger partial charge in [-0.15, -0.1) is 0 Å². The van der Waals surface area contributed by atoms with E-state index in [1.165, 1.54) is 0 Å². The maximum Gasteiger partial charge on any atom is 0.219 e. The molecule has 0 bridgehead atoms. The third-order valence-corrected chi connectivity index (χ3v) is 5.22. The number of benzene rings is 1. The Labute approximate surface area is 165 Å². The molecule has 8 nitrogen and oxygen atoms in total. The van der Waals surface area contributed by atoms with Crippen molar-refractivity contribution >= 4 is 28.9 Å². The Hall–Kier alpha value is -2.87. The van der Waals surface area contributed by atoms with Gasteiger partial charge in [-0.3, -0.25) is 4.79 Å². The van der Waals surface area contributed by atoms with E-state index in [0.717, 1.165) is 75.5 Å². The number of ether oxygens (including phenoxy) is 1. The molecule has 4 rings (SSSR count). The molecule has 0 saturated carbocycles. The predicted molar refractivity (Wildman–Crippen MR) is 109 cm³/mol. The lowest BCUT2D eigenvalue weighted by Gasteiger charge is -2.35. The largest absolute Gasteiger partial charge is 0.378 e. The summed E-state index contributed by atoms with van der Waals surface area (Å²) in [4.78, 5) is 26.7. The highest BCUT2D eigenvalue weighted by molar-refractivity contribution is 5.75. The van der Waals surface area contributed by atoms with Crippen molar-refractivity contribution in [1.29, 1.82) is 0 Å². The minimum atomic E-state index is 0.129. The fourth-order valence-electron chi connectivity index (χ4n) is 3.64. The smallest absolute Gasteiger partial charge is 0.219 e. The number of nitrogens with one attached hydrogen (secondary N) is 1. The Kier molecular flexibility index (Phi) is 5.57. The molecule has 148 valence electrons. The van der Waals surface area contributed by atoms with Gasteiger partial charge in [0.1, 0.15) is 18.0 Å². The third-order valence-electron chi connectivity index (χ3n) is 5.22. The van der Waals surface area contributed by atoms with E-state index >= 15 is 0 Å². The number of hydrogen-bond donors (Lipinski definition) is 1. The van der Waals surface area contributed by atoms with Gasteiger partial charge in [-0.2, -0.15) is 0 Å².